The Hall–Kier alpha value is -4.32. The number of hydrazine groups is 1. The predicted molar refractivity (Wildman–Crippen MR) is 136 cm³/mol. The van der Waals surface area contributed by atoms with Gasteiger partial charge in [0.15, 0.2) is 5.96 Å². The third kappa shape index (κ3) is 7.58. The van der Waals surface area contributed by atoms with Gasteiger partial charge < -0.3 is 36.1 Å². The summed E-state index contributed by atoms with van der Waals surface area (Å²) in [6.45, 7) is 2.94. The van der Waals surface area contributed by atoms with E-state index in [4.69, 9.17) is 4.74 Å². The molecule has 37 heavy (non-hydrogen) atoms. The summed E-state index contributed by atoms with van der Waals surface area (Å²) in [5.74, 6) is -0.880. The number of rotatable bonds is 11. The molecule has 0 saturated carbocycles. The Kier molecular flexibility index (Phi) is 8.76. The summed E-state index contributed by atoms with van der Waals surface area (Å²) in [5.41, 5.74) is 5.46. The van der Waals surface area contributed by atoms with Gasteiger partial charge >= 0.3 is 12.1 Å². The van der Waals surface area contributed by atoms with Crippen LogP contribution >= 0.6 is 0 Å². The number of carbonyl (C=O) groups is 3. The van der Waals surface area contributed by atoms with Crippen LogP contribution in [0.4, 0.5) is 4.79 Å². The summed E-state index contributed by atoms with van der Waals surface area (Å²) in [4.78, 5) is 40.6. The Morgan fingerprint density at radius 3 is 2.84 bits per heavy atom. The molecule has 3 aliphatic rings. The number of nitrogens with zero attached hydrogens (tertiary/aromatic N) is 2. The number of carbonyl (C=O) groups excluding carboxylic acids is 2. The Morgan fingerprint density at radius 1 is 1.24 bits per heavy atom. The van der Waals surface area contributed by atoms with E-state index in [-0.39, 0.29) is 19.2 Å². The van der Waals surface area contributed by atoms with Crippen LogP contribution in [0.15, 0.2) is 70.9 Å². The number of benzene rings is 1. The first kappa shape index (κ1) is 25.8. The molecule has 1 aliphatic carbocycles. The highest BCUT2D eigenvalue weighted by Gasteiger charge is 2.26. The number of carboxylic acids is 1. The molecule has 4 rings (SSSR count). The predicted octanol–water partition coefficient (Wildman–Crippen LogP) is -0.01000. The molecular weight excluding hydrogens is 478 g/mol. The maximum absolute atomic E-state index is 12.7. The van der Waals surface area contributed by atoms with Crippen LogP contribution in [0, 0.1) is 0 Å². The zero-order valence-corrected chi connectivity index (χ0v) is 20.3. The first-order valence-electron chi connectivity index (χ1n) is 12.1. The lowest BCUT2D eigenvalue weighted by atomic mass is 9.99. The van der Waals surface area contributed by atoms with Crippen molar-refractivity contribution in [1.29, 1.82) is 0 Å². The summed E-state index contributed by atoms with van der Waals surface area (Å²) in [6, 6.07) is 7.66. The van der Waals surface area contributed by atoms with Crippen molar-refractivity contribution in [2.45, 2.75) is 25.1 Å². The van der Waals surface area contributed by atoms with Crippen molar-refractivity contribution in [2.24, 2.45) is 4.99 Å². The fraction of sp³-hybridized carbons (Fsp3) is 0.360. The lowest BCUT2D eigenvalue weighted by Crippen LogP contribution is -2.48. The van der Waals surface area contributed by atoms with E-state index in [1.54, 1.807) is 24.3 Å². The van der Waals surface area contributed by atoms with Crippen molar-refractivity contribution in [3.05, 3.63) is 71.5 Å². The number of hydrogen-bond acceptors (Lipinski definition) is 9. The monoisotopic (exact) mass is 509 g/mol. The number of carboxylic acid groups (broad SMARTS) is 1. The minimum Gasteiger partial charge on any atom is -0.480 e. The molecule has 2 atom stereocenters. The standard InChI is InChI=1S/C25H31N7O5/c33-22(29-14-21(23(34)35)30-25(36)37-16-17-5-2-1-3-6-17)18-7-8-20-19(13-18)15-32(31-20)12-4-9-26-24-27-10-11-28-24/h1-3,5-8,13,15,20-21,31H,4,9-12,14,16H2,(H,29,33)(H,30,36)(H,34,35)(H2,26,27,28)/t20?,21-/m0/s1. The Labute approximate surface area is 214 Å². The van der Waals surface area contributed by atoms with Crippen LogP contribution in [0.3, 0.4) is 0 Å². The lowest BCUT2D eigenvalue weighted by molar-refractivity contribution is -0.139. The minimum absolute atomic E-state index is 0.00734. The molecule has 2 aliphatic heterocycles. The van der Waals surface area contributed by atoms with Crippen LogP contribution in [0.25, 0.3) is 0 Å². The molecule has 0 bridgehead atoms. The smallest absolute Gasteiger partial charge is 0.408 e. The van der Waals surface area contributed by atoms with Crippen molar-refractivity contribution in [1.82, 2.24) is 31.7 Å². The van der Waals surface area contributed by atoms with Gasteiger partial charge in [0.1, 0.15) is 12.6 Å². The third-order valence-corrected chi connectivity index (χ3v) is 5.83. The van der Waals surface area contributed by atoms with Gasteiger partial charge in [-0.05, 0) is 23.6 Å². The average Bonchev–Trinajstić information content (AvgIpc) is 3.57. The highest BCUT2D eigenvalue weighted by atomic mass is 16.5. The van der Waals surface area contributed by atoms with Gasteiger partial charge in [0.2, 0.25) is 0 Å². The minimum atomic E-state index is -1.34. The van der Waals surface area contributed by atoms with E-state index >= 15 is 0 Å². The number of amides is 2. The molecule has 0 aromatic heterocycles. The number of hydrogen-bond donors (Lipinski definition) is 6. The fourth-order valence-corrected chi connectivity index (χ4v) is 3.91. The Bertz CT molecular complexity index is 1120. The molecule has 12 heteroatoms. The quantitative estimate of drug-likeness (QED) is 0.226. The summed E-state index contributed by atoms with van der Waals surface area (Å²) in [6.07, 6.45) is 7.30. The van der Waals surface area contributed by atoms with E-state index in [1.165, 1.54) is 0 Å². The second-order valence-electron chi connectivity index (χ2n) is 8.63. The molecule has 6 N–H and O–H groups in total. The number of nitrogens with one attached hydrogen (secondary N) is 5. The zero-order valence-electron chi connectivity index (χ0n) is 20.3. The number of alkyl carbamates (subject to hydrolysis) is 1. The van der Waals surface area contributed by atoms with E-state index in [2.05, 4.69) is 31.7 Å². The summed E-state index contributed by atoms with van der Waals surface area (Å²) >= 11 is 0. The van der Waals surface area contributed by atoms with Gasteiger partial charge in [0, 0.05) is 38.0 Å². The summed E-state index contributed by atoms with van der Waals surface area (Å²) < 4.78 is 5.07. The maximum atomic E-state index is 12.7. The van der Waals surface area contributed by atoms with E-state index in [0.29, 0.717) is 5.57 Å². The van der Waals surface area contributed by atoms with Crippen LogP contribution in [0.1, 0.15) is 12.0 Å². The third-order valence-electron chi connectivity index (χ3n) is 5.83. The van der Waals surface area contributed by atoms with Crippen LogP contribution in [0.2, 0.25) is 0 Å². The fourth-order valence-electron chi connectivity index (χ4n) is 3.91. The topological polar surface area (TPSA) is 156 Å². The maximum Gasteiger partial charge on any atom is 0.408 e. The molecule has 0 spiro atoms. The van der Waals surface area contributed by atoms with E-state index in [1.807, 2.05) is 35.5 Å². The van der Waals surface area contributed by atoms with Gasteiger partial charge in [0.25, 0.3) is 5.91 Å². The second kappa shape index (κ2) is 12.6. The first-order chi connectivity index (χ1) is 18.0. The van der Waals surface area contributed by atoms with E-state index in [0.717, 1.165) is 49.7 Å². The molecule has 0 radical (unpaired) electrons. The van der Waals surface area contributed by atoms with Crippen molar-refractivity contribution >= 4 is 23.9 Å². The largest absolute Gasteiger partial charge is 0.480 e. The lowest BCUT2D eigenvalue weighted by Gasteiger charge is -2.20. The normalized spacial score (nSPS) is 18.5. The molecule has 0 fully saturated rings. The van der Waals surface area contributed by atoms with Crippen molar-refractivity contribution in [2.75, 3.05) is 32.7 Å². The Balaban J connectivity index is 1.21. The second-order valence-corrected chi connectivity index (χ2v) is 8.63. The highest BCUT2D eigenvalue weighted by molar-refractivity contribution is 5.97. The molecule has 0 saturated heterocycles. The summed E-state index contributed by atoms with van der Waals surface area (Å²) in [5, 5.41) is 22.7. The van der Waals surface area contributed by atoms with E-state index < -0.39 is 24.0 Å². The molecule has 2 amide bonds. The van der Waals surface area contributed by atoms with Gasteiger partial charge in [-0.2, -0.15) is 0 Å². The van der Waals surface area contributed by atoms with Crippen molar-refractivity contribution in [3.63, 3.8) is 0 Å². The average molecular weight is 510 g/mol. The molecular formula is C25H31N7O5. The number of ether oxygens (including phenoxy) is 1. The van der Waals surface area contributed by atoms with E-state index in [9.17, 15) is 19.5 Å². The number of guanidine groups is 1. The molecule has 2 heterocycles. The van der Waals surface area contributed by atoms with Crippen LogP contribution in [-0.4, -0.2) is 78.9 Å². The van der Waals surface area contributed by atoms with Crippen molar-refractivity contribution in [3.8, 4) is 0 Å². The van der Waals surface area contributed by atoms with Gasteiger partial charge in [-0.15, -0.1) is 0 Å². The van der Waals surface area contributed by atoms with Crippen LogP contribution in [-0.2, 0) is 20.9 Å². The number of aliphatic carboxylic acids is 1. The number of aliphatic imine (C=N–C) groups is 1. The van der Waals surface area contributed by atoms with Gasteiger partial charge in [-0.3, -0.25) is 9.79 Å². The molecule has 196 valence electrons. The van der Waals surface area contributed by atoms with Crippen LogP contribution < -0.4 is 26.7 Å². The Morgan fingerprint density at radius 2 is 2.08 bits per heavy atom. The summed E-state index contributed by atoms with van der Waals surface area (Å²) in [7, 11) is 0. The zero-order chi connectivity index (χ0) is 26.0. The molecule has 1 aromatic carbocycles. The van der Waals surface area contributed by atoms with Crippen molar-refractivity contribution < 1.29 is 24.2 Å². The van der Waals surface area contributed by atoms with Gasteiger partial charge in [0.05, 0.1) is 12.6 Å². The molecule has 1 unspecified atom stereocenters. The molecule has 12 nitrogen and oxygen atoms in total. The van der Waals surface area contributed by atoms with Crippen LogP contribution in [0.5, 0.6) is 0 Å². The first-order valence-corrected chi connectivity index (χ1v) is 12.1. The molecule has 1 aromatic rings. The SMILES string of the molecule is O=C(N[C@@H](CNC(=O)C1=CC2=CN(CCCNC3=NCCN3)NC2C=C1)C(=O)O)OCc1ccccc1. The number of fused-ring (bicyclic) bond motifs is 1. The highest BCUT2D eigenvalue weighted by Crippen LogP contribution is 2.22. The van der Waals surface area contributed by atoms with Gasteiger partial charge in [-0.1, -0.05) is 42.5 Å². The van der Waals surface area contributed by atoms with Gasteiger partial charge in [-0.25, -0.2) is 15.0 Å².